The molecule has 0 radical (unpaired) electrons. The topological polar surface area (TPSA) is 20.2 Å². The van der Waals surface area contributed by atoms with Gasteiger partial charge in [-0.25, -0.2) is 0 Å². The zero-order valence-corrected chi connectivity index (χ0v) is 7.12. The highest BCUT2D eigenvalue weighted by atomic mass is 35.5. The van der Waals surface area contributed by atoms with Crippen molar-refractivity contribution in [2.75, 3.05) is 0 Å². The Kier molecular flexibility index (Phi) is 6.54. The van der Waals surface area contributed by atoms with Crippen LogP contribution in [0.25, 0.3) is 0 Å². The van der Waals surface area contributed by atoms with E-state index in [9.17, 15) is 0 Å². The van der Waals surface area contributed by atoms with Crippen LogP contribution < -0.4 is 0 Å². The van der Waals surface area contributed by atoms with Crippen LogP contribution in [0.4, 0.5) is 0 Å². The Balaban J connectivity index is 0.000000218. The largest absolute Gasteiger partial charge is 0.515 e. The van der Waals surface area contributed by atoms with Crippen molar-refractivity contribution in [1.82, 2.24) is 0 Å². The molecule has 0 unspecified atom stereocenters. The van der Waals surface area contributed by atoms with Gasteiger partial charge in [-0.3, -0.25) is 0 Å². The lowest BCUT2D eigenvalue weighted by molar-refractivity contribution is 0.475. The molecule has 60 valence electrons. The minimum Gasteiger partial charge on any atom is -0.515 e. The fourth-order valence-electron chi connectivity index (χ4n) is 0.534. The van der Waals surface area contributed by atoms with Crippen LogP contribution in [-0.4, -0.2) is 5.11 Å². The van der Waals surface area contributed by atoms with Gasteiger partial charge in [-0.05, 0) is 6.92 Å². The molecule has 0 saturated heterocycles. The molecule has 2 heteroatoms. The third-order valence-corrected chi connectivity index (χ3v) is 1.11. The maximum Gasteiger partial charge on any atom is 0.0904 e. The molecule has 0 bridgehead atoms. The summed E-state index contributed by atoms with van der Waals surface area (Å²) >= 11 is 4.76. The second kappa shape index (κ2) is 7.16. The van der Waals surface area contributed by atoms with Gasteiger partial charge in [0.2, 0.25) is 0 Å². The number of aryl methyl sites for hydroxylation is 1. The third-order valence-electron chi connectivity index (χ3n) is 0.997. The molecule has 0 spiro atoms. The quantitative estimate of drug-likeness (QED) is 0.593. The summed E-state index contributed by atoms with van der Waals surface area (Å²) in [5.74, 6) is 0. The Bertz CT molecular complexity index is 190. The van der Waals surface area contributed by atoms with Crippen LogP contribution in [0.15, 0.2) is 42.1 Å². The summed E-state index contributed by atoms with van der Waals surface area (Å²) in [7, 11) is 0. The van der Waals surface area contributed by atoms with E-state index in [0.717, 1.165) is 11.8 Å². The predicted octanol–water partition coefficient (Wildman–Crippen LogP) is 3.25. The molecule has 1 N–H and O–H groups in total. The van der Waals surface area contributed by atoms with Crippen LogP contribution >= 0.6 is 11.6 Å². The van der Waals surface area contributed by atoms with Crippen molar-refractivity contribution in [3.63, 3.8) is 0 Å². The van der Waals surface area contributed by atoms with Crippen molar-refractivity contribution >= 4 is 11.6 Å². The molecule has 0 saturated carbocycles. The fraction of sp³-hybridized carbons (Fsp3) is 0.111. The lowest BCUT2D eigenvalue weighted by atomic mass is 10.2. The minimum atomic E-state index is 0.765. The average molecular weight is 171 g/mol. The molecule has 0 aliphatic rings. The molecule has 0 fully saturated rings. The summed E-state index contributed by atoms with van der Waals surface area (Å²) in [6.45, 7) is 2.08. The first-order chi connectivity index (χ1) is 5.31. The van der Waals surface area contributed by atoms with Gasteiger partial charge in [-0.15, -0.1) is 0 Å². The van der Waals surface area contributed by atoms with Gasteiger partial charge in [-0.1, -0.05) is 47.5 Å². The number of hydrogen-bond acceptors (Lipinski definition) is 1. The molecule has 0 aliphatic carbocycles. The number of aliphatic hydroxyl groups is 1. The number of halogens is 1. The van der Waals surface area contributed by atoms with Gasteiger partial charge < -0.3 is 5.11 Å². The van der Waals surface area contributed by atoms with Crippen LogP contribution in [0.5, 0.6) is 0 Å². The number of hydrogen-bond donors (Lipinski definition) is 1. The molecule has 1 aromatic carbocycles. The highest BCUT2D eigenvalue weighted by molar-refractivity contribution is 6.25. The van der Waals surface area contributed by atoms with Gasteiger partial charge >= 0.3 is 0 Å². The van der Waals surface area contributed by atoms with Crippen molar-refractivity contribution in [2.24, 2.45) is 0 Å². The maximum absolute atomic E-state index is 7.56. The summed E-state index contributed by atoms with van der Waals surface area (Å²) < 4.78 is 0. The van der Waals surface area contributed by atoms with E-state index in [1.807, 2.05) is 18.2 Å². The Labute approximate surface area is 71.9 Å². The summed E-state index contributed by atoms with van der Waals surface area (Å²) in [6.07, 6.45) is 0.765. The summed E-state index contributed by atoms with van der Waals surface area (Å²) in [5.41, 5.74) is 2.35. The Morgan fingerprint density at radius 2 is 1.73 bits per heavy atom. The van der Waals surface area contributed by atoms with Crippen LogP contribution in [-0.2, 0) is 0 Å². The van der Waals surface area contributed by atoms with Gasteiger partial charge in [0, 0.05) is 5.54 Å². The molecule has 1 rings (SSSR count). The highest BCUT2D eigenvalue weighted by Gasteiger charge is 1.72. The maximum atomic E-state index is 7.56. The minimum absolute atomic E-state index is 0.765. The Morgan fingerprint density at radius 3 is 1.91 bits per heavy atom. The van der Waals surface area contributed by atoms with E-state index in [-0.39, 0.29) is 0 Å². The fourth-order valence-corrected chi connectivity index (χ4v) is 0.534. The lowest BCUT2D eigenvalue weighted by Crippen LogP contribution is -1.62. The molecule has 0 heterocycles. The highest BCUT2D eigenvalue weighted by Crippen LogP contribution is 1.92. The zero-order valence-electron chi connectivity index (χ0n) is 6.37. The second-order valence-electron chi connectivity index (χ2n) is 1.93. The number of rotatable bonds is 0. The zero-order chi connectivity index (χ0) is 8.53. The SMILES string of the molecule is Cc1ccccc1.OC=CCl. The van der Waals surface area contributed by atoms with E-state index in [2.05, 4.69) is 19.1 Å². The molecule has 11 heavy (non-hydrogen) atoms. The number of aliphatic hydroxyl groups excluding tert-OH is 1. The molecule has 1 aromatic rings. The summed E-state index contributed by atoms with van der Waals surface area (Å²) in [5, 5.41) is 7.56. The monoisotopic (exact) mass is 170 g/mol. The van der Waals surface area contributed by atoms with E-state index in [1.165, 1.54) is 5.56 Å². The lowest BCUT2D eigenvalue weighted by Gasteiger charge is -1.82. The first-order valence-corrected chi connectivity index (χ1v) is 3.66. The first kappa shape index (κ1) is 10.0. The Morgan fingerprint density at radius 1 is 1.27 bits per heavy atom. The van der Waals surface area contributed by atoms with E-state index >= 15 is 0 Å². The van der Waals surface area contributed by atoms with E-state index < -0.39 is 0 Å². The molecular weight excluding hydrogens is 160 g/mol. The molecule has 1 nitrogen and oxygen atoms in total. The Hall–Kier alpha value is -0.950. The van der Waals surface area contributed by atoms with E-state index in [0.29, 0.717) is 0 Å². The van der Waals surface area contributed by atoms with Gasteiger partial charge in [0.05, 0.1) is 6.26 Å². The van der Waals surface area contributed by atoms with Crippen LogP contribution in [0.2, 0.25) is 0 Å². The normalized spacial score (nSPS) is 8.91. The molecule has 0 atom stereocenters. The van der Waals surface area contributed by atoms with Gasteiger partial charge in [0.1, 0.15) is 0 Å². The standard InChI is InChI=1S/C7H8.C2H3ClO/c1-7-5-3-2-4-6-7;3-1-2-4/h2-6H,1H3;1-2,4H. The predicted molar refractivity (Wildman–Crippen MR) is 48.8 cm³/mol. The summed E-state index contributed by atoms with van der Waals surface area (Å²) in [4.78, 5) is 0. The van der Waals surface area contributed by atoms with Crippen molar-refractivity contribution in [2.45, 2.75) is 6.92 Å². The van der Waals surface area contributed by atoms with Crippen molar-refractivity contribution < 1.29 is 5.11 Å². The van der Waals surface area contributed by atoms with E-state index in [1.54, 1.807) is 0 Å². The van der Waals surface area contributed by atoms with Gasteiger partial charge in [-0.2, -0.15) is 0 Å². The van der Waals surface area contributed by atoms with E-state index in [4.69, 9.17) is 16.7 Å². The van der Waals surface area contributed by atoms with Gasteiger partial charge in [0.15, 0.2) is 0 Å². The first-order valence-electron chi connectivity index (χ1n) is 3.22. The van der Waals surface area contributed by atoms with Crippen LogP contribution in [0.1, 0.15) is 5.56 Å². The van der Waals surface area contributed by atoms with Crippen molar-refractivity contribution in [1.29, 1.82) is 0 Å². The molecule has 0 aromatic heterocycles. The van der Waals surface area contributed by atoms with Gasteiger partial charge in [0.25, 0.3) is 0 Å². The average Bonchev–Trinajstić information content (AvgIpc) is 2.07. The number of benzene rings is 1. The molecular formula is C9H11ClO. The summed E-state index contributed by atoms with van der Waals surface area (Å²) in [6, 6.07) is 10.3. The van der Waals surface area contributed by atoms with Crippen LogP contribution in [0.3, 0.4) is 0 Å². The van der Waals surface area contributed by atoms with Crippen molar-refractivity contribution in [3.05, 3.63) is 47.7 Å². The second-order valence-corrected chi connectivity index (χ2v) is 2.18. The third kappa shape index (κ3) is 6.94. The van der Waals surface area contributed by atoms with Crippen LogP contribution in [0, 0.1) is 6.92 Å². The smallest absolute Gasteiger partial charge is 0.0904 e. The molecule has 0 aliphatic heterocycles. The van der Waals surface area contributed by atoms with Crippen molar-refractivity contribution in [3.8, 4) is 0 Å². The molecule has 0 amide bonds.